The fourth-order valence-electron chi connectivity index (χ4n) is 4.72. The van der Waals surface area contributed by atoms with Crippen LogP contribution in [0.5, 0.6) is 0 Å². The molecule has 0 N–H and O–H groups in total. The fraction of sp³-hybridized carbons (Fsp3) is 0.348. The van der Waals surface area contributed by atoms with Crippen LogP contribution in [0.2, 0.25) is 0 Å². The molecule has 0 radical (unpaired) electrons. The van der Waals surface area contributed by atoms with E-state index in [4.69, 9.17) is 4.98 Å². The Morgan fingerprint density at radius 1 is 1.07 bits per heavy atom. The van der Waals surface area contributed by atoms with Crippen LogP contribution >= 0.6 is 0 Å². The SMILES string of the molecule is Cn1c(N2CCC3CN(Cc4ccccc4)CC32)nc(-c2ccncc2)cc1=O. The van der Waals surface area contributed by atoms with Crippen LogP contribution in [0.15, 0.2) is 65.7 Å². The molecule has 0 bridgehead atoms. The second kappa shape index (κ2) is 7.44. The fourth-order valence-corrected chi connectivity index (χ4v) is 4.72. The second-order valence-corrected chi connectivity index (χ2v) is 8.06. The van der Waals surface area contributed by atoms with Crippen molar-refractivity contribution in [1.82, 2.24) is 19.4 Å². The monoisotopic (exact) mass is 387 g/mol. The van der Waals surface area contributed by atoms with Gasteiger partial charge in [-0.05, 0) is 30.0 Å². The van der Waals surface area contributed by atoms with Crippen molar-refractivity contribution in [1.29, 1.82) is 0 Å². The number of rotatable bonds is 4. The van der Waals surface area contributed by atoms with Crippen molar-refractivity contribution in [3.05, 3.63) is 76.8 Å². The Kier molecular flexibility index (Phi) is 4.64. The molecule has 5 rings (SSSR count). The van der Waals surface area contributed by atoms with Crippen LogP contribution in [0, 0.1) is 5.92 Å². The highest BCUT2D eigenvalue weighted by Gasteiger charge is 2.42. The van der Waals surface area contributed by atoms with E-state index < -0.39 is 0 Å². The zero-order chi connectivity index (χ0) is 19.8. The molecule has 2 unspecified atom stereocenters. The van der Waals surface area contributed by atoms with Gasteiger partial charge >= 0.3 is 0 Å². The molecule has 6 heteroatoms. The van der Waals surface area contributed by atoms with Crippen LogP contribution in [0.4, 0.5) is 5.95 Å². The van der Waals surface area contributed by atoms with Crippen molar-refractivity contribution in [2.24, 2.45) is 13.0 Å². The smallest absolute Gasteiger partial charge is 0.255 e. The predicted octanol–water partition coefficient (Wildman–Crippen LogP) is 2.55. The maximum Gasteiger partial charge on any atom is 0.255 e. The van der Waals surface area contributed by atoms with Gasteiger partial charge in [0, 0.05) is 63.3 Å². The summed E-state index contributed by atoms with van der Waals surface area (Å²) in [6.45, 7) is 4.04. The zero-order valence-electron chi connectivity index (χ0n) is 16.6. The number of hydrogen-bond donors (Lipinski definition) is 0. The van der Waals surface area contributed by atoms with E-state index in [0.29, 0.717) is 17.7 Å². The zero-order valence-corrected chi connectivity index (χ0v) is 16.6. The molecular weight excluding hydrogens is 362 g/mol. The topological polar surface area (TPSA) is 54.3 Å². The van der Waals surface area contributed by atoms with Crippen LogP contribution < -0.4 is 10.5 Å². The van der Waals surface area contributed by atoms with Crippen LogP contribution in [0.25, 0.3) is 11.3 Å². The number of nitrogens with zero attached hydrogens (tertiary/aromatic N) is 5. The Morgan fingerprint density at radius 3 is 2.66 bits per heavy atom. The van der Waals surface area contributed by atoms with Gasteiger partial charge < -0.3 is 4.90 Å². The Bertz CT molecular complexity index is 1050. The van der Waals surface area contributed by atoms with Crippen molar-refractivity contribution in [3.8, 4) is 11.3 Å². The van der Waals surface area contributed by atoms with Gasteiger partial charge in [0.05, 0.1) is 5.69 Å². The minimum Gasteiger partial charge on any atom is -0.338 e. The van der Waals surface area contributed by atoms with Crippen LogP contribution in [0.3, 0.4) is 0 Å². The molecule has 3 aromatic rings. The van der Waals surface area contributed by atoms with E-state index in [0.717, 1.165) is 44.1 Å². The first-order chi connectivity index (χ1) is 14.2. The summed E-state index contributed by atoms with van der Waals surface area (Å²) in [6, 6.07) is 16.5. The number of anilines is 1. The lowest BCUT2D eigenvalue weighted by Crippen LogP contribution is -2.39. The van der Waals surface area contributed by atoms with Crippen LogP contribution in [-0.2, 0) is 13.6 Å². The average molecular weight is 387 g/mol. The van der Waals surface area contributed by atoms with Gasteiger partial charge in [0.1, 0.15) is 0 Å². The number of fused-ring (bicyclic) bond motifs is 1. The Hall–Kier alpha value is -2.99. The molecule has 1 aromatic carbocycles. The molecule has 2 atom stereocenters. The van der Waals surface area contributed by atoms with E-state index >= 15 is 0 Å². The Morgan fingerprint density at radius 2 is 1.86 bits per heavy atom. The van der Waals surface area contributed by atoms with Crippen molar-refractivity contribution in [2.75, 3.05) is 24.5 Å². The van der Waals surface area contributed by atoms with Crippen molar-refractivity contribution in [2.45, 2.75) is 19.0 Å². The van der Waals surface area contributed by atoms with Crippen LogP contribution in [-0.4, -0.2) is 45.1 Å². The van der Waals surface area contributed by atoms with Crippen molar-refractivity contribution in [3.63, 3.8) is 0 Å². The van der Waals surface area contributed by atoms with Gasteiger partial charge in [-0.15, -0.1) is 0 Å². The van der Waals surface area contributed by atoms with Gasteiger partial charge in [-0.25, -0.2) is 4.98 Å². The lowest BCUT2D eigenvalue weighted by Gasteiger charge is -2.27. The molecule has 2 aliphatic heterocycles. The van der Waals surface area contributed by atoms with Crippen molar-refractivity contribution >= 4 is 5.95 Å². The molecule has 2 saturated heterocycles. The molecule has 2 aromatic heterocycles. The number of aromatic nitrogens is 3. The molecular formula is C23H25N5O. The van der Waals surface area contributed by atoms with E-state index in [9.17, 15) is 4.79 Å². The standard InChI is InChI=1S/C23H25N5O/c1-26-22(29)13-20(18-7-10-24-11-8-18)25-23(26)28-12-9-19-15-27(16-21(19)28)14-17-5-3-2-4-6-17/h2-8,10-11,13,19,21H,9,12,14-16H2,1H3. The first kappa shape index (κ1) is 18.1. The van der Waals surface area contributed by atoms with Gasteiger partial charge in [0.2, 0.25) is 5.95 Å². The maximum atomic E-state index is 12.7. The van der Waals surface area contributed by atoms with Crippen LogP contribution in [0.1, 0.15) is 12.0 Å². The summed E-state index contributed by atoms with van der Waals surface area (Å²) in [5.74, 6) is 1.40. The summed E-state index contributed by atoms with van der Waals surface area (Å²) in [7, 11) is 1.82. The number of pyridine rings is 1. The average Bonchev–Trinajstić information content (AvgIpc) is 3.32. The van der Waals surface area contributed by atoms with E-state index in [-0.39, 0.29) is 5.56 Å². The highest BCUT2D eigenvalue weighted by Crippen LogP contribution is 2.35. The molecule has 0 spiro atoms. The third kappa shape index (κ3) is 3.44. The first-order valence-electron chi connectivity index (χ1n) is 10.2. The third-order valence-corrected chi connectivity index (χ3v) is 6.22. The van der Waals surface area contributed by atoms with Gasteiger partial charge in [0.15, 0.2) is 0 Å². The molecule has 0 amide bonds. The summed E-state index contributed by atoms with van der Waals surface area (Å²) in [5.41, 5.74) is 2.97. The molecule has 6 nitrogen and oxygen atoms in total. The molecule has 2 fully saturated rings. The normalized spacial score (nSPS) is 21.5. The summed E-state index contributed by atoms with van der Waals surface area (Å²) < 4.78 is 1.69. The van der Waals surface area contributed by atoms with Gasteiger partial charge in [-0.2, -0.15) is 0 Å². The van der Waals surface area contributed by atoms with E-state index in [2.05, 4.69) is 45.1 Å². The summed E-state index contributed by atoms with van der Waals surface area (Å²) in [6.07, 6.45) is 4.61. The van der Waals surface area contributed by atoms with E-state index in [1.165, 1.54) is 5.56 Å². The Labute approximate surface area is 170 Å². The van der Waals surface area contributed by atoms with E-state index in [1.54, 1.807) is 23.0 Å². The highest BCUT2D eigenvalue weighted by atomic mass is 16.1. The molecule has 2 aliphatic rings. The second-order valence-electron chi connectivity index (χ2n) is 8.06. The van der Waals surface area contributed by atoms with Gasteiger partial charge in [0.25, 0.3) is 5.56 Å². The third-order valence-electron chi connectivity index (χ3n) is 6.22. The minimum atomic E-state index is -0.0237. The largest absolute Gasteiger partial charge is 0.338 e. The summed E-state index contributed by atoms with van der Waals surface area (Å²) >= 11 is 0. The van der Waals surface area contributed by atoms with Gasteiger partial charge in [-0.3, -0.25) is 19.2 Å². The summed E-state index contributed by atoms with van der Waals surface area (Å²) in [5, 5.41) is 0. The van der Waals surface area contributed by atoms with E-state index in [1.807, 2.05) is 19.2 Å². The number of hydrogen-bond acceptors (Lipinski definition) is 5. The molecule has 0 saturated carbocycles. The van der Waals surface area contributed by atoms with Gasteiger partial charge in [-0.1, -0.05) is 30.3 Å². The predicted molar refractivity (Wildman–Crippen MR) is 114 cm³/mol. The molecule has 4 heterocycles. The lowest BCUT2D eigenvalue weighted by atomic mass is 10.1. The molecule has 0 aliphatic carbocycles. The molecule has 29 heavy (non-hydrogen) atoms. The number of likely N-dealkylation sites (tertiary alicyclic amines) is 1. The minimum absolute atomic E-state index is 0.0237. The van der Waals surface area contributed by atoms with Crippen molar-refractivity contribution < 1.29 is 0 Å². The lowest BCUT2D eigenvalue weighted by molar-refractivity contribution is 0.309. The quantitative estimate of drug-likeness (QED) is 0.689. The Balaban J connectivity index is 1.41. The molecule has 148 valence electrons. The first-order valence-corrected chi connectivity index (χ1v) is 10.2. The summed E-state index contributed by atoms with van der Waals surface area (Å²) in [4.78, 5) is 26.5. The highest BCUT2D eigenvalue weighted by molar-refractivity contribution is 5.59. The number of benzene rings is 1. The maximum absolute atomic E-state index is 12.7.